The van der Waals surface area contributed by atoms with E-state index < -0.39 is 35.4 Å². The van der Waals surface area contributed by atoms with Gasteiger partial charge in [-0.2, -0.15) is 13.2 Å². The minimum absolute atomic E-state index is 0.0211. The number of allylic oxidation sites excluding steroid dienone is 7. The molecule has 0 unspecified atom stereocenters. The molecule has 1 aliphatic carbocycles. The Labute approximate surface area is 270 Å². The Balaban J connectivity index is 1.67. The highest BCUT2D eigenvalue weighted by Crippen LogP contribution is 2.43. The van der Waals surface area contributed by atoms with Crippen LogP contribution in [-0.2, 0) is 9.59 Å². The van der Waals surface area contributed by atoms with E-state index in [1.54, 1.807) is 12.2 Å². The Morgan fingerprint density at radius 2 is 1.68 bits per heavy atom. The number of carbonyl (C=O) groups excluding carboxylic acids is 4. The Kier molecular flexibility index (Phi) is 10.3. The van der Waals surface area contributed by atoms with Gasteiger partial charge in [-0.25, -0.2) is 0 Å². The molecule has 0 N–H and O–H groups in total. The average Bonchev–Trinajstić information content (AvgIpc) is 3.23. The fourth-order valence-corrected chi connectivity index (χ4v) is 6.37. The molecule has 0 radical (unpaired) electrons. The average molecular weight is 734 g/mol. The van der Waals surface area contributed by atoms with Crippen LogP contribution in [0.5, 0.6) is 0 Å². The van der Waals surface area contributed by atoms with Crippen molar-refractivity contribution < 1.29 is 32.3 Å². The molecule has 2 heterocycles. The van der Waals surface area contributed by atoms with Crippen LogP contribution in [0.1, 0.15) is 70.9 Å². The van der Waals surface area contributed by atoms with Crippen LogP contribution in [0.2, 0.25) is 0 Å². The zero-order valence-electron chi connectivity index (χ0n) is 23.9. The summed E-state index contributed by atoms with van der Waals surface area (Å²) in [4.78, 5) is 58.0. The monoisotopic (exact) mass is 732 g/mol. The Morgan fingerprint density at radius 1 is 0.977 bits per heavy atom. The van der Waals surface area contributed by atoms with Crippen LogP contribution < -0.4 is 0 Å². The second-order valence-electron chi connectivity index (χ2n) is 10.4. The van der Waals surface area contributed by atoms with E-state index in [4.69, 9.17) is 0 Å². The van der Waals surface area contributed by atoms with Gasteiger partial charge in [0.15, 0.2) is 0 Å². The van der Waals surface area contributed by atoms with Gasteiger partial charge in [0.1, 0.15) is 0 Å². The number of alkyl halides is 3. The summed E-state index contributed by atoms with van der Waals surface area (Å²) in [5.74, 6) is -2.52. The van der Waals surface area contributed by atoms with Gasteiger partial charge in [0.05, 0.1) is 11.1 Å². The van der Waals surface area contributed by atoms with Crippen molar-refractivity contribution in [3.63, 3.8) is 0 Å². The number of rotatable bonds is 9. The third-order valence-corrected chi connectivity index (χ3v) is 8.85. The molecule has 4 amide bonds. The van der Waals surface area contributed by atoms with Gasteiger partial charge in [-0.15, -0.1) is 6.58 Å². The molecule has 1 aromatic rings. The number of halogens is 5. The van der Waals surface area contributed by atoms with E-state index >= 15 is 0 Å². The summed E-state index contributed by atoms with van der Waals surface area (Å²) >= 11 is 6.63. The van der Waals surface area contributed by atoms with Gasteiger partial charge in [-0.1, -0.05) is 64.5 Å². The molecule has 0 bridgehead atoms. The molecular weight excluding hydrogens is 705 g/mol. The van der Waals surface area contributed by atoms with Crippen LogP contribution in [-0.4, -0.2) is 52.7 Å². The molecule has 0 atom stereocenters. The van der Waals surface area contributed by atoms with Crippen molar-refractivity contribution in [2.45, 2.75) is 45.2 Å². The van der Waals surface area contributed by atoms with Crippen molar-refractivity contribution in [1.82, 2.24) is 9.80 Å². The summed E-state index contributed by atoms with van der Waals surface area (Å²) in [6.07, 6.45) is 6.40. The topological polar surface area (TPSA) is 74.8 Å². The maximum absolute atomic E-state index is 13.7. The summed E-state index contributed by atoms with van der Waals surface area (Å²) in [7, 11) is 0. The number of benzene rings is 1. The molecule has 0 aromatic heterocycles. The van der Waals surface area contributed by atoms with Gasteiger partial charge in [0.25, 0.3) is 23.6 Å². The summed E-state index contributed by atoms with van der Waals surface area (Å²) in [5, 5.41) is 0. The molecule has 0 fully saturated rings. The lowest BCUT2D eigenvalue weighted by Gasteiger charge is -2.35. The van der Waals surface area contributed by atoms with Crippen molar-refractivity contribution in [3.8, 4) is 0 Å². The first-order valence-electron chi connectivity index (χ1n) is 13.8. The number of carbonyl (C=O) groups is 4. The third kappa shape index (κ3) is 6.44. The smallest absolute Gasteiger partial charge is 0.274 e. The van der Waals surface area contributed by atoms with Gasteiger partial charge >= 0.3 is 6.18 Å². The van der Waals surface area contributed by atoms with Crippen LogP contribution >= 0.6 is 31.9 Å². The van der Waals surface area contributed by atoms with E-state index in [9.17, 15) is 32.3 Å². The summed E-state index contributed by atoms with van der Waals surface area (Å²) in [5.41, 5.74) is 1.37. The standard InChI is InChI=1S/C33H29Br2F3N2O4/c1-4-6-8-20(5-2)13-15-39-29(41)19(3)26-27-23(17-25(35)28(26)32(39)44)30(42)40(31(43)24(27)18-34)16-14-21-9-7-10-22(12-11-21)33(36,37)38/h4-5,7,9,11-12,17-18H,1,3,6,8,10,13-16H2,2H3/b20-5+,24-18-. The predicted molar refractivity (Wildman–Crippen MR) is 171 cm³/mol. The minimum atomic E-state index is -4.45. The lowest BCUT2D eigenvalue weighted by atomic mass is 9.82. The van der Waals surface area contributed by atoms with Crippen LogP contribution in [0.25, 0.3) is 11.1 Å². The lowest BCUT2D eigenvalue weighted by Crippen LogP contribution is -2.46. The SMILES string of the molecule is C=CCC/C(=C\C)CCN1C(=O)C(=C)c2c(c(Br)cc3c2/C(=C/Br)C(=O)N(CCC2=CC=C(C(F)(F)F)CC=C2)C3=O)C1=O. The van der Waals surface area contributed by atoms with Crippen LogP contribution in [0.15, 0.2) is 81.9 Å². The highest BCUT2D eigenvalue weighted by atomic mass is 79.9. The molecule has 3 aliphatic rings. The van der Waals surface area contributed by atoms with Crippen molar-refractivity contribution in [2.75, 3.05) is 13.1 Å². The fourth-order valence-electron chi connectivity index (χ4n) is 5.35. The Hall–Kier alpha value is -3.57. The van der Waals surface area contributed by atoms with Crippen LogP contribution in [0.4, 0.5) is 13.2 Å². The number of amides is 4. The summed E-state index contributed by atoms with van der Waals surface area (Å²) < 4.78 is 39.6. The number of hydrogen-bond acceptors (Lipinski definition) is 4. The van der Waals surface area contributed by atoms with E-state index in [0.717, 1.165) is 34.3 Å². The second-order valence-corrected chi connectivity index (χ2v) is 11.7. The first-order chi connectivity index (χ1) is 20.8. The molecule has 2 aliphatic heterocycles. The number of fused-ring (bicyclic) bond motifs is 3. The van der Waals surface area contributed by atoms with Gasteiger partial charge in [-0.3, -0.25) is 29.0 Å². The first-order valence-corrected chi connectivity index (χ1v) is 15.5. The first kappa shape index (κ1) is 33.3. The maximum atomic E-state index is 13.7. The van der Waals surface area contributed by atoms with E-state index in [1.165, 1.54) is 23.2 Å². The molecule has 1 aromatic carbocycles. The zero-order valence-corrected chi connectivity index (χ0v) is 27.1. The molecule has 0 spiro atoms. The van der Waals surface area contributed by atoms with Gasteiger partial charge < -0.3 is 0 Å². The highest BCUT2D eigenvalue weighted by Gasteiger charge is 2.43. The molecular formula is C33H29Br2F3N2O4. The second kappa shape index (κ2) is 13.6. The van der Waals surface area contributed by atoms with Gasteiger partial charge in [0, 0.05) is 45.4 Å². The Bertz CT molecular complexity index is 1630. The van der Waals surface area contributed by atoms with Crippen molar-refractivity contribution in [1.29, 1.82) is 0 Å². The zero-order chi connectivity index (χ0) is 32.3. The predicted octanol–water partition coefficient (Wildman–Crippen LogP) is 8.23. The number of imide groups is 2. The number of hydrogen-bond donors (Lipinski definition) is 0. The van der Waals surface area contributed by atoms with Crippen LogP contribution in [0.3, 0.4) is 0 Å². The fraction of sp³-hybridized carbons (Fsp3) is 0.273. The summed E-state index contributed by atoms with van der Waals surface area (Å²) in [6, 6.07) is 1.45. The maximum Gasteiger partial charge on any atom is 0.412 e. The Morgan fingerprint density at radius 3 is 2.32 bits per heavy atom. The highest BCUT2D eigenvalue weighted by molar-refractivity contribution is 9.11. The van der Waals surface area contributed by atoms with Crippen molar-refractivity contribution >= 4 is 66.6 Å². The largest absolute Gasteiger partial charge is 0.412 e. The molecule has 0 saturated carbocycles. The molecule has 230 valence electrons. The van der Waals surface area contributed by atoms with E-state index in [0.29, 0.717) is 12.0 Å². The normalized spacial score (nSPS) is 18.4. The quantitative estimate of drug-likeness (QED) is 0.146. The van der Waals surface area contributed by atoms with Gasteiger partial charge in [-0.05, 0) is 71.6 Å². The van der Waals surface area contributed by atoms with E-state index in [2.05, 4.69) is 45.0 Å². The minimum Gasteiger partial charge on any atom is -0.274 e. The van der Waals surface area contributed by atoms with Crippen molar-refractivity contribution in [3.05, 3.63) is 104 Å². The molecule has 0 saturated heterocycles. The van der Waals surface area contributed by atoms with Gasteiger partial charge in [0.2, 0.25) is 0 Å². The lowest BCUT2D eigenvalue weighted by molar-refractivity contribution is -0.124. The number of nitrogens with zero attached hydrogens (tertiary/aromatic N) is 2. The molecule has 44 heavy (non-hydrogen) atoms. The summed E-state index contributed by atoms with van der Waals surface area (Å²) in [6.45, 7) is 9.62. The molecule has 11 heteroatoms. The van der Waals surface area contributed by atoms with E-state index in [1.807, 2.05) is 13.0 Å². The van der Waals surface area contributed by atoms with Crippen LogP contribution in [0, 0.1) is 0 Å². The third-order valence-electron chi connectivity index (χ3n) is 7.76. The van der Waals surface area contributed by atoms with E-state index in [-0.39, 0.29) is 63.8 Å². The molecule has 4 rings (SSSR count). The van der Waals surface area contributed by atoms with Crippen molar-refractivity contribution in [2.24, 2.45) is 0 Å². The molecule has 6 nitrogen and oxygen atoms in total.